The third-order valence-corrected chi connectivity index (χ3v) is 2.07. The molecular formula is C12H17N3O. The zero-order valence-electron chi connectivity index (χ0n) is 9.79. The van der Waals surface area contributed by atoms with Crippen LogP contribution in [0.5, 0.6) is 5.88 Å². The molecule has 0 saturated heterocycles. The van der Waals surface area contributed by atoms with Crippen LogP contribution in [0.4, 0.5) is 5.95 Å². The van der Waals surface area contributed by atoms with Gasteiger partial charge < -0.3 is 10.1 Å². The second kappa shape index (κ2) is 6.67. The van der Waals surface area contributed by atoms with Gasteiger partial charge in [0.2, 0.25) is 11.8 Å². The van der Waals surface area contributed by atoms with Crippen LogP contribution in [0.15, 0.2) is 6.07 Å². The van der Waals surface area contributed by atoms with Crippen LogP contribution in [0.25, 0.3) is 0 Å². The molecule has 0 fully saturated rings. The lowest BCUT2D eigenvalue weighted by Crippen LogP contribution is -2.06. The zero-order chi connectivity index (χ0) is 11.8. The van der Waals surface area contributed by atoms with Gasteiger partial charge in [0.15, 0.2) is 0 Å². The number of nitrogens with zero attached hydrogens (tertiary/aromatic N) is 2. The Labute approximate surface area is 96.5 Å². The lowest BCUT2D eigenvalue weighted by atomic mass is 10.2. The lowest BCUT2D eigenvalue weighted by molar-refractivity contribution is 0.397. The van der Waals surface area contributed by atoms with E-state index in [-0.39, 0.29) is 0 Å². The van der Waals surface area contributed by atoms with Crippen molar-refractivity contribution in [1.29, 1.82) is 0 Å². The van der Waals surface area contributed by atoms with Gasteiger partial charge in [0.1, 0.15) is 0 Å². The van der Waals surface area contributed by atoms with Crippen LogP contribution >= 0.6 is 0 Å². The molecule has 16 heavy (non-hydrogen) atoms. The number of unbranched alkanes of at least 4 members (excludes halogenated alkanes) is 2. The van der Waals surface area contributed by atoms with Gasteiger partial charge in [-0.25, -0.2) is 4.98 Å². The molecule has 1 aromatic heterocycles. The summed E-state index contributed by atoms with van der Waals surface area (Å²) in [6.45, 7) is 2.74. The number of hydrogen-bond acceptors (Lipinski definition) is 4. The normalized spacial score (nSPS) is 9.56. The first-order chi connectivity index (χ1) is 7.76. The first-order valence-corrected chi connectivity index (χ1v) is 5.33. The van der Waals surface area contributed by atoms with Crippen LogP contribution in [0.2, 0.25) is 0 Å². The number of rotatable bonds is 6. The largest absolute Gasteiger partial charge is 0.481 e. The van der Waals surface area contributed by atoms with Gasteiger partial charge >= 0.3 is 0 Å². The fraction of sp³-hybridized carbons (Fsp3) is 0.500. The van der Waals surface area contributed by atoms with E-state index in [0.717, 1.165) is 31.5 Å². The van der Waals surface area contributed by atoms with E-state index in [1.165, 1.54) is 0 Å². The van der Waals surface area contributed by atoms with E-state index >= 15 is 0 Å². The average Bonchev–Trinajstić information content (AvgIpc) is 2.28. The van der Waals surface area contributed by atoms with Crippen molar-refractivity contribution in [3.63, 3.8) is 0 Å². The molecule has 4 nitrogen and oxygen atoms in total. The quantitative estimate of drug-likeness (QED) is 0.587. The number of aryl methyl sites for hydroxylation is 1. The Balaban J connectivity index is 2.41. The van der Waals surface area contributed by atoms with Gasteiger partial charge in [-0.1, -0.05) is 0 Å². The summed E-state index contributed by atoms with van der Waals surface area (Å²) in [5, 5.41) is 3.15. The molecule has 0 unspecified atom stereocenters. The minimum absolute atomic E-state index is 0.582. The molecule has 1 rings (SSSR count). The summed E-state index contributed by atoms with van der Waals surface area (Å²) >= 11 is 0. The molecule has 0 atom stereocenters. The average molecular weight is 219 g/mol. The molecule has 86 valence electrons. The van der Waals surface area contributed by atoms with Crippen molar-refractivity contribution in [3.8, 4) is 18.2 Å². The molecule has 1 heterocycles. The van der Waals surface area contributed by atoms with Crippen LogP contribution in [0.3, 0.4) is 0 Å². The maximum Gasteiger partial charge on any atom is 0.226 e. The Bertz CT molecular complexity index is 371. The Morgan fingerprint density at radius 2 is 2.25 bits per heavy atom. The minimum Gasteiger partial charge on any atom is -0.481 e. The van der Waals surface area contributed by atoms with Gasteiger partial charge in [0.05, 0.1) is 7.11 Å². The Hall–Kier alpha value is -1.76. The van der Waals surface area contributed by atoms with Gasteiger partial charge in [-0.3, -0.25) is 0 Å². The number of terminal acetylenes is 1. The third kappa shape index (κ3) is 4.18. The smallest absolute Gasteiger partial charge is 0.226 e. The highest BCUT2D eigenvalue weighted by Gasteiger charge is 2.00. The monoisotopic (exact) mass is 219 g/mol. The molecular weight excluding hydrogens is 202 g/mol. The highest BCUT2D eigenvalue weighted by Crippen LogP contribution is 2.11. The predicted molar refractivity (Wildman–Crippen MR) is 64.5 cm³/mol. The Morgan fingerprint density at radius 3 is 2.94 bits per heavy atom. The van der Waals surface area contributed by atoms with Gasteiger partial charge in [0.25, 0.3) is 0 Å². The Morgan fingerprint density at radius 1 is 1.44 bits per heavy atom. The number of ether oxygens (including phenoxy) is 1. The van der Waals surface area contributed by atoms with Crippen molar-refractivity contribution >= 4 is 5.95 Å². The van der Waals surface area contributed by atoms with E-state index in [1.807, 2.05) is 6.92 Å². The van der Waals surface area contributed by atoms with Crippen molar-refractivity contribution in [2.75, 3.05) is 19.0 Å². The van der Waals surface area contributed by atoms with Gasteiger partial charge in [-0.15, -0.1) is 12.3 Å². The second-order valence-corrected chi connectivity index (χ2v) is 3.46. The van der Waals surface area contributed by atoms with Crippen LogP contribution in [-0.2, 0) is 0 Å². The number of nitrogens with one attached hydrogen (secondary N) is 1. The van der Waals surface area contributed by atoms with Crippen molar-refractivity contribution in [2.24, 2.45) is 0 Å². The lowest BCUT2D eigenvalue weighted by Gasteiger charge is -2.06. The SMILES string of the molecule is C#CCCCCNc1nc(C)cc(OC)n1. The molecule has 0 aromatic carbocycles. The maximum absolute atomic E-state index is 5.17. The second-order valence-electron chi connectivity index (χ2n) is 3.46. The molecule has 0 saturated carbocycles. The van der Waals surface area contributed by atoms with E-state index in [2.05, 4.69) is 21.2 Å². The molecule has 0 spiro atoms. The molecule has 0 bridgehead atoms. The third-order valence-electron chi connectivity index (χ3n) is 2.07. The van der Waals surface area contributed by atoms with E-state index < -0.39 is 0 Å². The van der Waals surface area contributed by atoms with Crippen LogP contribution < -0.4 is 10.1 Å². The standard InChI is InChI=1S/C12H17N3O/c1-4-5-6-7-8-13-12-14-10(2)9-11(15-12)16-3/h1,9H,5-8H2,2-3H3,(H,13,14,15). The van der Waals surface area contributed by atoms with Gasteiger partial charge in [-0.05, 0) is 19.8 Å². The zero-order valence-corrected chi connectivity index (χ0v) is 9.79. The van der Waals surface area contributed by atoms with Crippen molar-refractivity contribution < 1.29 is 4.74 Å². The van der Waals surface area contributed by atoms with Crippen molar-refractivity contribution in [2.45, 2.75) is 26.2 Å². The summed E-state index contributed by atoms with van der Waals surface area (Å²) in [6.07, 6.45) is 8.03. The van der Waals surface area contributed by atoms with Crippen molar-refractivity contribution in [1.82, 2.24) is 9.97 Å². The van der Waals surface area contributed by atoms with Crippen LogP contribution in [0.1, 0.15) is 25.0 Å². The van der Waals surface area contributed by atoms with E-state index in [0.29, 0.717) is 11.8 Å². The van der Waals surface area contributed by atoms with E-state index in [9.17, 15) is 0 Å². The number of aromatic nitrogens is 2. The molecule has 0 aliphatic rings. The Kier molecular flexibility index (Phi) is 5.13. The first kappa shape index (κ1) is 12.3. The van der Waals surface area contributed by atoms with Crippen LogP contribution in [-0.4, -0.2) is 23.6 Å². The molecule has 0 amide bonds. The number of anilines is 1. The summed E-state index contributed by atoms with van der Waals surface area (Å²) in [6, 6.07) is 1.80. The fourth-order valence-electron chi connectivity index (χ4n) is 1.28. The predicted octanol–water partition coefficient (Wildman–Crippen LogP) is 2.01. The molecule has 1 N–H and O–H groups in total. The number of hydrogen-bond donors (Lipinski definition) is 1. The minimum atomic E-state index is 0.582. The molecule has 0 aliphatic heterocycles. The highest BCUT2D eigenvalue weighted by atomic mass is 16.5. The van der Waals surface area contributed by atoms with E-state index in [4.69, 9.17) is 11.2 Å². The fourth-order valence-corrected chi connectivity index (χ4v) is 1.28. The van der Waals surface area contributed by atoms with Gasteiger partial charge in [-0.2, -0.15) is 4.98 Å². The first-order valence-electron chi connectivity index (χ1n) is 5.33. The van der Waals surface area contributed by atoms with Gasteiger partial charge in [0, 0.05) is 24.7 Å². The summed E-state index contributed by atoms with van der Waals surface area (Å²) < 4.78 is 5.06. The summed E-state index contributed by atoms with van der Waals surface area (Å²) in [5.74, 6) is 3.81. The molecule has 0 aliphatic carbocycles. The van der Waals surface area contributed by atoms with Crippen molar-refractivity contribution in [3.05, 3.63) is 11.8 Å². The molecule has 0 radical (unpaired) electrons. The molecule has 4 heteroatoms. The van der Waals surface area contributed by atoms with Crippen LogP contribution in [0, 0.1) is 19.3 Å². The summed E-state index contributed by atoms with van der Waals surface area (Å²) in [4.78, 5) is 8.44. The summed E-state index contributed by atoms with van der Waals surface area (Å²) in [5.41, 5.74) is 0.887. The topological polar surface area (TPSA) is 47.0 Å². The number of methoxy groups -OCH3 is 1. The summed E-state index contributed by atoms with van der Waals surface area (Å²) in [7, 11) is 1.60. The maximum atomic E-state index is 5.17. The van der Waals surface area contributed by atoms with E-state index in [1.54, 1.807) is 13.2 Å². The molecule has 1 aromatic rings. The highest BCUT2D eigenvalue weighted by molar-refractivity contribution is 5.30.